The van der Waals surface area contributed by atoms with Crippen molar-refractivity contribution in [1.82, 2.24) is 0 Å². The van der Waals surface area contributed by atoms with E-state index >= 15 is 0 Å². The third-order valence-corrected chi connectivity index (χ3v) is 2.19. The summed E-state index contributed by atoms with van der Waals surface area (Å²) in [6, 6.07) is 5.02. The zero-order valence-corrected chi connectivity index (χ0v) is 6.44. The summed E-state index contributed by atoms with van der Waals surface area (Å²) in [5.74, 6) is -0.678. The van der Waals surface area contributed by atoms with Gasteiger partial charge in [0.1, 0.15) is 11.3 Å². The van der Waals surface area contributed by atoms with Crippen LogP contribution in [-0.4, -0.2) is 11.9 Å². The predicted molar refractivity (Wildman–Crippen MR) is 40.2 cm³/mol. The van der Waals surface area contributed by atoms with Crippen LogP contribution >= 0.6 is 0 Å². The van der Waals surface area contributed by atoms with Crippen molar-refractivity contribution < 1.29 is 19.1 Å². The molecule has 0 radical (unpaired) electrons. The highest BCUT2D eigenvalue weighted by Crippen LogP contribution is 2.41. The molecule has 4 bridgehead atoms. The van der Waals surface area contributed by atoms with Gasteiger partial charge in [0.05, 0.1) is 0 Å². The van der Waals surface area contributed by atoms with Gasteiger partial charge in [-0.3, -0.25) is 0 Å². The van der Waals surface area contributed by atoms with Crippen LogP contribution in [0.4, 0.5) is 0 Å². The first-order chi connectivity index (χ1) is 6.27. The molecule has 0 spiro atoms. The van der Waals surface area contributed by atoms with E-state index in [1.54, 1.807) is 18.2 Å². The molecule has 2 aliphatic rings. The Kier molecular flexibility index (Phi) is 0.974. The number of benzene rings is 1. The fraction of sp³-hybridized carbons (Fsp3) is 0.111. The van der Waals surface area contributed by atoms with Gasteiger partial charge in [-0.1, -0.05) is 12.1 Å². The van der Waals surface area contributed by atoms with Gasteiger partial charge in [0.15, 0.2) is 0 Å². The van der Waals surface area contributed by atoms with Gasteiger partial charge in [-0.25, -0.2) is 9.59 Å². The quantitative estimate of drug-likeness (QED) is 0.433. The summed E-state index contributed by atoms with van der Waals surface area (Å²) >= 11 is 0. The van der Waals surface area contributed by atoms with Crippen molar-refractivity contribution in [3.63, 3.8) is 0 Å². The van der Waals surface area contributed by atoms with E-state index < -0.39 is 18.0 Å². The molecule has 64 valence electrons. The third-order valence-electron chi connectivity index (χ3n) is 2.19. The van der Waals surface area contributed by atoms with Crippen LogP contribution in [0.1, 0.15) is 22.0 Å². The lowest BCUT2D eigenvalue weighted by Crippen LogP contribution is -2.20. The Morgan fingerprint density at radius 2 is 2.08 bits per heavy atom. The minimum absolute atomic E-state index is 0.307. The Labute approximate surface area is 73.1 Å². The van der Waals surface area contributed by atoms with Gasteiger partial charge in [0, 0.05) is 5.56 Å². The predicted octanol–water partition coefficient (Wildman–Crippen LogP) is 0.817. The fourth-order valence-corrected chi connectivity index (χ4v) is 1.64. The highest BCUT2D eigenvalue weighted by molar-refractivity contribution is 6.04. The van der Waals surface area contributed by atoms with E-state index in [1.165, 1.54) is 0 Å². The lowest BCUT2D eigenvalue weighted by molar-refractivity contribution is -0.143. The Bertz CT molecular complexity index is 435. The van der Waals surface area contributed by atoms with Crippen LogP contribution < -0.4 is 4.74 Å². The van der Waals surface area contributed by atoms with E-state index in [-0.39, 0.29) is 0 Å². The second-order valence-electron chi connectivity index (χ2n) is 2.93. The van der Waals surface area contributed by atoms with E-state index in [0.717, 1.165) is 0 Å². The van der Waals surface area contributed by atoms with Crippen LogP contribution in [-0.2, 0) is 9.53 Å². The molecule has 0 amide bonds. The Balaban J connectivity index is 2.39. The minimum Gasteiger partial charge on any atom is -0.442 e. The summed E-state index contributed by atoms with van der Waals surface area (Å²) in [5, 5.41) is 0. The molecule has 1 aromatic rings. The molecule has 2 aliphatic heterocycles. The van der Waals surface area contributed by atoms with Crippen LogP contribution in [0.5, 0.6) is 5.75 Å². The molecular formula is C9H4O4. The summed E-state index contributed by atoms with van der Waals surface area (Å²) in [7, 11) is 0. The van der Waals surface area contributed by atoms with Crippen molar-refractivity contribution in [3.05, 3.63) is 29.3 Å². The van der Waals surface area contributed by atoms with Crippen molar-refractivity contribution in [3.8, 4) is 5.75 Å². The van der Waals surface area contributed by atoms with Crippen molar-refractivity contribution in [1.29, 1.82) is 0 Å². The van der Waals surface area contributed by atoms with Crippen molar-refractivity contribution in [2.45, 2.75) is 6.10 Å². The smallest absolute Gasteiger partial charge is 0.357 e. The molecule has 0 aromatic heterocycles. The molecule has 1 aromatic carbocycles. The summed E-state index contributed by atoms with van der Waals surface area (Å²) in [6.45, 7) is 0. The highest BCUT2D eigenvalue weighted by Gasteiger charge is 2.44. The van der Waals surface area contributed by atoms with E-state index in [2.05, 4.69) is 0 Å². The number of carbonyl (C=O) groups excluding carboxylic acids is 2. The lowest BCUT2D eigenvalue weighted by atomic mass is 10.0. The fourth-order valence-electron chi connectivity index (χ4n) is 1.64. The van der Waals surface area contributed by atoms with Crippen LogP contribution in [0.25, 0.3) is 0 Å². The molecule has 2 heterocycles. The standard InChI is InChI=1S/C9H4O4/c10-8-6-4-2-1-3-5(6)12-9(11)7(4)13-8/h1-3,7H. The maximum Gasteiger partial charge on any atom is 0.357 e. The van der Waals surface area contributed by atoms with Gasteiger partial charge in [-0.15, -0.1) is 0 Å². The molecule has 4 nitrogen and oxygen atoms in total. The van der Waals surface area contributed by atoms with Gasteiger partial charge in [-0.05, 0) is 6.07 Å². The van der Waals surface area contributed by atoms with E-state index in [1.807, 2.05) is 0 Å². The second kappa shape index (κ2) is 1.90. The van der Waals surface area contributed by atoms with Gasteiger partial charge in [0.2, 0.25) is 6.10 Å². The first-order valence-electron chi connectivity index (χ1n) is 3.83. The van der Waals surface area contributed by atoms with E-state index in [4.69, 9.17) is 9.47 Å². The van der Waals surface area contributed by atoms with Gasteiger partial charge in [-0.2, -0.15) is 0 Å². The third kappa shape index (κ3) is 0.654. The molecule has 3 rings (SSSR count). The molecule has 1 atom stereocenters. The van der Waals surface area contributed by atoms with E-state index in [9.17, 15) is 9.59 Å². The van der Waals surface area contributed by atoms with Crippen molar-refractivity contribution in [2.75, 3.05) is 0 Å². The highest BCUT2D eigenvalue weighted by atomic mass is 16.6. The average Bonchev–Trinajstić information content (AvgIpc) is 2.37. The molecule has 1 unspecified atom stereocenters. The number of carbonyl (C=O) groups is 2. The minimum atomic E-state index is -0.837. The molecule has 0 saturated carbocycles. The summed E-state index contributed by atoms with van der Waals surface area (Å²) in [5.41, 5.74) is 1.02. The number of hydrogen-bond donors (Lipinski definition) is 0. The van der Waals surface area contributed by atoms with Gasteiger partial charge >= 0.3 is 11.9 Å². The molecular weight excluding hydrogens is 172 g/mol. The van der Waals surface area contributed by atoms with Crippen molar-refractivity contribution >= 4 is 11.9 Å². The average molecular weight is 176 g/mol. The van der Waals surface area contributed by atoms with Crippen LogP contribution in [0.15, 0.2) is 18.2 Å². The van der Waals surface area contributed by atoms with E-state index in [0.29, 0.717) is 16.9 Å². The van der Waals surface area contributed by atoms with Crippen LogP contribution in [0.3, 0.4) is 0 Å². The SMILES string of the molecule is O=C1OC2C(=O)Oc3cccc2c31. The van der Waals surface area contributed by atoms with Crippen molar-refractivity contribution in [2.24, 2.45) is 0 Å². The molecule has 0 aliphatic carbocycles. The topological polar surface area (TPSA) is 52.6 Å². The summed E-state index contributed by atoms with van der Waals surface area (Å²) in [4.78, 5) is 22.4. The monoisotopic (exact) mass is 176 g/mol. The van der Waals surface area contributed by atoms with Crippen LogP contribution in [0, 0.1) is 0 Å². The molecule has 0 N–H and O–H groups in total. The second-order valence-corrected chi connectivity index (χ2v) is 2.93. The molecule has 13 heavy (non-hydrogen) atoms. The summed E-state index contributed by atoms with van der Waals surface area (Å²) in [6.07, 6.45) is -0.837. The zero-order valence-electron chi connectivity index (χ0n) is 6.44. The van der Waals surface area contributed by atoms with Crippen LogP contribution in [0.2, 0.25) is 0 Å². The first kappa shape index (κ1) is 6.65. The Hall–Kier alpha value is -1.84. The zero-order chi connectivity index (χ0) is 9.00. The maximum absolute atomic E-state index is 11.2. The Morgan fingerprint density at radius 3 is 2.92 bits per heavy atom. The first-order valence-corrected chi connectivity index (χ1v) is 3.83. The molecule has 4 heteroatoms. The van der Waals surface area contributed by atoms with Gasteiger partial charge < -0.3 is 9.47 Å². The maximum atomic E-state index is 11.2. The molecule has 0 fully saturated rings. The largest absolute Gasteiger partial charge is 0.442 e. The number of ether oxygens (including phenoxy) is 2. The lowest BCUT2D eigenvalue weighted by Gasteiger charge is -2.14. The summed E-state index contributed by atoms with van der Waals surface area (Å²) < 4.78 is 9.71. The number of esters is 2. The normalized spacial score (nSPS) is 22.6. The molecule has 0 saturated heterocycles. The van der Waals surface area contributed by atoms with Gasteiger partial charge in [0.25, 0.3) is 0 Å². The number of rotatable bonds is 0. The Morgan fingerprint density at radius 1 is 1.23 bits per heavy atom. The number of hydrogen-bond acceptors (Lipinski definition) is 4.